The van der Waals surface area contributed by atoms with Gasteiger partial charge in [-0.15, -0.1) is 0 Å². The summed E-state index contributed by atoms with van der Waals surface area (Å²) < 4.78 is 8.59. The standard InChI is InChI=1S/C16H14IN3O2/c1-11-9-20-8-2-3-14(16(20)18-11)22-10-15(21)19-13-6-4-12(17)5-7-13/h2-9H,10H2,1H3,(H,19,21). The van der Waals surface area contributed by atoms with Gasteiger partial charge in [-0.25, -0.2) is 4.98 Å². The highest BCUT2D eigenvalue weighted by Crippen LogP contribution is 2.18. The number of ether oxygens (including phenoxy) is 1. The lowest BCUT2D eigenvalue weighted by molar-refractivity contribution is -0.118. The van der Waals surface area contributed by atoms with Gasteiger partial charge in [0, 0.05) is 21.7 Å². The van der Waals surface area contributed by atoms with Gasteiger partial charge in [0.1, 0.15) is 0 Å². The third-order valence-electron chi connectivity index (χ3n) is 3.05. The number of aromatic nitrogens is 2. The van der Waals surface area contributed by atoms with Crippen molar-refractivity contribution >= 4 is 39.8 Å². The Bertz CT molecular complexity index is 812. The molecule has 3 rings (SSSR count). The molecule has 1 amide bonds. The van der Waals surface area contributed by atoms with Gasteiger partial charge in [-0.1, -0.05) is 0 Å². The van der Waals surface area contributed by atoms with E-state index in [0.29, 0.717) is 11.4 Å². The Morgan fingerprint density at radius 2 is 2.09 bits per heavy atom. The first-order valence-electron chi connectivity index (χ1n) is 6.74. The number of rotatable bonds is 4. The molecule has 5 nitrogen and oxygen atoms in total. The van der Waals surface area contributed by atoms with E-state index < -0.39 is 0 Å². The molecular formula is C16H14IN3O2. The fourth-order valence-electron chi connectivity index (χ4n) is 2.10. The number of imidazole rings is 1. The summed E-state index contributed by atoms with van der Waals surface area (Å²) in [5, 5.41) is 2.80. The molecule has 0 saturated heterocycles. The van der Waals surface area contributed by atoms with Gasteiger partial charge < -0.3 is 14.5 Å². The van der Waals surface area contributed by atoms with Crippen molar-refractivity contribution < 1.29 is 9.53 Å². The number of halogens is 1. The zero-order chi connectivity index (χ0) is 15.5. The molecule has 0 fully saturated rings. The van der Waals surface area contributed by atoms with E-state index >= 15 is 0 Å². The first-order valence-corrected chi connectivity index (χ1v) is 7.82. The Balaban J connectivity index is 1.66. The largest absolute Gasteiger partial charge is 0.480 e. The van der Waals surface area contributed by atoms with Gasteiger partial charge in [0.2, 0.25) is 0 Å². The fourth-order valence-corrected chi connectivity index (χ4v) is 2.46. The van der Waals surface area contributed by atoms with E-state index in [1.165, 1.54) is 0 Å². The third kappa shape index (κ3) is 3.38. The normalized spacial score (nSPS) is 10.6. The van der Waals surface area contributed by atoms with E-state index in [9.17, 15) is 4.79 Å². The molecule has 0 spiro atoms. The first kappa shape index (κ1) is 14.8. The zero-order valence-electron chi connectivity index (χ0n) is 11.9. The summed E-state index contributed by atoms with van der Waals surface area (Å²) in [5.74, 6) is 0.389. The second-order valence-electron chi connectivity index (χ2n) is 4.83. The molecule has 2 heterocycles. The van der Waals surface area contributed by atoms with Crippen molar-refractivity contribution in [3.8, 4) is 5.75 Å². The number of aryl methyl sites for hydroxylation is 1. The molecule has 22 heavy (non-hydrogen) atoms. The topological polar surface area (TPSA) is 55.6 Å². The second-order valence-corrected chi connectivity index (χ2v) is 6.07. The smallest absolute Gasteiger partial charge is 0.262 e. The maximum atomic E-state index is 11.9. The van der Waals surface area contributed by atoms with Crippen LogP contribution in [0.3, 0.4) is 0 Å². The van der Waals surface area contributed by atoms with Crippen LogP contribution in [0.25, 0.3) is 5.65 Å². The highest BCUT2D eigenvalue weighted by atomic mass is 127. The summed E-state index contributed by atoms with van der Waals surface area (Å²) in [6.45, 7) is 1.86. The van der Waals surface area contributed by atoms with Gasteiger partial charge in [-0.2, -0.15) is 0 Å². The van der Waals surface area contributed by atoms with Crippen LogP contribution in [0.2, 0.25) is 0 Å². The van der Waals surface area contributed by atoms with Gasteiger partial charge in [-0.3, -0.25) is 4.79 Å². The molecule has 0 bridgehead atoms. The van der Waals surface area contributed by atoms with E-state index in [1.54, 1.807) is 6.07 Å². The maximum Gasteiger partial charge on any atom is 0.262 e. The summed E-state index contributed by atoms with van der Waals surface area (Å²) in [7, 11) is 0. The number of benzene rings is 1. The average molecular weight is 407 g/mol. The van der Waals surface area contributed by atoms with E-state index in [4.69, 9.17) is 4.74 Å². The van der Waals surface area contributed by atoms with Crippen LogP contribution in [-0.4, -0.2) is 21.9 Å². The molecule has 0 aliphatic heterocycles. The molecule has 0 aliphatic carbocycles. The number of amides is 1. The summed E-state index contributed by atoms with van der Waals surface area (Å²) in [5.41, 5.74) is 2.37. The van der Waals surface area contributed by atoms with Crippen LogP contribution in [0.15, 0.2) is 48.8 Å². The highest BCUT2D eigenvalue weighted by molar-refractivity contribution is 14.1. The number of hydrogen-bond donors (Lipinski definition) is 1. The predicted octanol–water partition coefficient (Wildman–Crippen LogP) is 3.26. The van der Waals surface area contributed by atoms with E-state index in [2.05, 4.69) is 32.9 Å². The van der Waals surface area contributed by atoms with Gasteiger partial charge in [-0.05, 0) is 65.9 Å². The molecule has 0 unspecified atom stereocenters. The van der Waals surface area contributed by atoms with Gasteiger partial charge in [0.25, 0.3) is 5.91 Å². The fraction of sp³-hybridized carbons (Fsp3) is 0.125. The number of pyridine rings is 1. The summed E-state index contributed by atoms with van der Waals surface area (Å²) >= 11 is 2.22. The van der Waals surface area contributed by atoms with Crippen LogP contribution >= 0.6 is 22.6 Å². The lowest BCUT2D eigenvalue weighted by Gasteiger charge is -2.08. The number of nitrogens with zero attached hydrogens (tertiary/aromatic N) is 2. The molecule has 2 aromatic heterocycles. The zero-order valence-corrected chi connectivity index (χ0v) is 14.1. The molecule has 0 atom stereocenters. The summed E-state index contributed by atoms with van der Waals surface area (Å²) in [6, 6.07) is 11.3. The molecule has 0 aliphatic rings. The Morgan fingerprint density at radius 3 is 2.86 bits per heavy atom. The Morgan fingerprint density at radius 1 is 1.32 bits per heavy atom. The van der Waals surface area contributed by atoms with Crippen LogP contribution in [0.4, 0.5) is 5.69 Å². The van der Waals surface area contributed by atoms with E-state index in [0.717, 1.165) is 15.0 Å². The lowest BCUT2D eigenvalue weighted by atomic mass is 10.3. The van der Waals surface area contributed by atoms with Crippen molar-refractivity contribution in [2.75, 3.05) is 11.9 Å². The molecule has 0 saturated carbocycles. The average Bonchev–Trinajstić information content (AvgIpc) is 2.88. The Labute approximate surface area is 141 Å². The minimum absolute atomic E-state index is 0.0580. The van der Waals surface area contributed by atoms with Crippen LogP contribution < -0.4 is 10.1 Å². The number of anilines is 1. The molecule has 1 N–H and O–H groups in total. The van der Waals surface area contributed by atoms with E-state index in [1.807, 2.05) is 54.0 Å². The van der Waals surface area contributed by atoms with Crippen LogP contribution in [0, 0.1) is 10.5 Å². The van der Waals surface area contributed by atoms with Crippen molar-refractivity contribution in [2.24, 2.45) is 0 Å². The van der Waals surface area contributed by atoms with Gasteiger partial charge in [0.05, 0.1) is 5.69 Å². The third-order valence-corrected chi connectivity index (χ3v) is 3.77. The van der Waals surface area contributed by atoms with Gasteiger partial charge in [0.15, 0.2) is 18.0 Å². The molecule has 3 aromatic rings. The van der Waals surface area contributed by atoms with Crippen molar-refractivity contribution in [1.29, 1.82) is 0 Å². The van der Waals surface area contributed by atoms with Crippen molar-refractivity contribution in [1.82, 2.24) is 9.38 Å². The monoisotopic (exact) mass is 407 g/mol. The van der Waals surface area contributed by atoms with Gasteiger partial charge >= 0.3 is 0 Å². The van der Waals surface area contributed by atoms with E-state index in [-0.39, 0.29) is 12.5 Å². The number of carbonyl (C=O) groups excluding carboxylic acids is 1. The first-order chi connectivity index (χ1) is 10.6. The number of carbonyl (C=O) groups is 1. The summed E-state index contributed by atoms with van der Waals surface area (Å²) in [4.78, 5) is 16.3. The quantitative estimate of drug-likeness (QED) is 0.676. The van der Waals surface area contributed by atoms with Crippen molar-refractivity contribution in [2.45, 2.75) is 6.92 Å². The predicted molar refractivity (Wildman–Crippen MR) is 93.2 cm³/mol. The van der Waals surface area contributed by atoms with Crippen LogP contribution in [0.1, 0.15) is 5.69 Å². The molecule has 112 valence electrons. The number of fused-ring (bicyclic) bond motifs is 1. The lowest BCUT2D eigenvalue weighted by Crippen LogP contribution is -2.20. The highest BCUT2D eigenvalue weighted by Gasteiger charge is 2.08. The van der Waals surface area contributed by atoms with Crippen molar-refractivity contribution in [3.05, 3.63) is 58.1 Å². The molecule has 1 aromatic carbocycles. The SMILES string of the molecule is Cc1cn2cccc(OCC(=O)Nc3ccc(I)cc3)c2n1. The molecular weight excluding hydrogens is 393 g/mol. The molecule has 6 heteroatoms. The Kier molecular flexibility index (Phi) is 4.28. The Hall–Kier alpha value is -2.09. The van der Waals surface area contributed by atoms with Crippen molar-refractivity contribution in [3.63, 3.8) is 0 Å². The minimum Gasteiger partial charge on any atom is -0.480 e. The number of nitrogens with one attached hydrogen (secondary N) is 1. The minimum atomic E-state index is -0.202. The van der Waals surface area contributed by atoms with Crippen LogP contribution in [-0.2, 0) is 4.79 Å². The molecule has 0 radical (unpaired) electrons. The maximum absolute atomic E-state index is 11.9. The number of hydrogen-bond acceptors (Lipinski definition) is 3. The second kappa shape index (κ2) is 6.35. The summed E-state index contributed by atoms with van der Waals surface area (Å²) in [6.07, 6.45) is 3.81. The van der Waals surface area contributed by atoms with Crippen LogP contribution in [0.5, 0.6) is 5.75 Å².